The number of aromatic nitrogens is 1. The van der Waals surface area contributed by atoms with Crippen molar-refractivity contribution in [2.45, 2.75) is 63.8 Å². The molecule has 42 heavy (non-hydrogen) atoms. The van der Waals surface area contributed by atoms with E-state index in [4.69, 9.17) is 28.2 Å². The molecule has 0 spiro atoms. The summed E-state index contributed by atoms with van der Waals surface area (Å²) in [5.74, 6) is 1.32. The summed E-state index contributed by atoms with van der Waals surface area (Å²) >= 11 is 12.6. The number of likely N-dealkylation sites (N-methyl/N-ethyl adjacent to an activating group) is 1. The Labute approximate surface area is 260 Å². The Morgan fingerprint density at radius 3 is 2.38 bits per heavy atom. The number of benzene rings is 1. The number of amides is 3. The monoisotopic (exact) mass is 614 g/mol. The molecule has 228 valence electrons. The molecule has 3 saturated heterocycles. The van der Waals surface area contributed by atoms with E-state index >= 15 is 0 Å². The van der Waals surface area contributed by atoms with Crippen LogP contribution in [-0.4, -0.2) is 97.1 Å². The van der Waals surface area contributed by atoms with Gasteiger partial charge in [-0.25, -0.2) is 9.78 Å². The maximum Gasteiger partial charge on any atom is 0.318 e. The number of hydrogen-bond acceptors (Lipinski definition) is 5. The van der Waals surface area contributed by atoms with Gasteiger partial charge in [0.15, 0.2) is 0 Å². The largest absolute Gasteiger partial charge is 0.358 e. The predicted octanol–water partition coefficient (Wildman–Crippen LogP) is 5.35. The zero-order valence-corrected chi connectivity index (χ0v) is 26.5. The van der Waals surface area contributed by atoms with Crippen LogP contribution in [0, 0.1) is 6.92 Å². The van der Waals surface area contributed by atoms with E-state index in [9.17, 15) is 9.59 Å². The summed E-state index contributed by atoms with van der Waals surface area (Å²) in [6.07, 6.45) is 8.57. The van der Waals surface area contributed by atoms with Crippen molar-refractivity contribution in [3.63, 3.8) is 0 Å². The smallest absolute Gasteiger partial charge is 0.318 e. The molecule has 0 unspecified atom stereocenters. The Kier molecular flexibility index (Phi) is 10.5. The summed E-state index contributed by atoms with van der Waals surface area (Å²) in [5, 5.41) is 4.09. The summed E-state index contributed by atoms with van der Waals surface area (Å²) in [7, 11) is 2.14. The van der Waals surface area contributed by atoms with Crippen LogP contribution in [0.15, 0.2) is 30.5 Å². The number of nitrogens with zero attached hydrogens (tertiary/aromatic N) is 5. The number of anilines is 1. The highest BCUT2D eigenvalue weighted by atomic mass is 35.5. The maximum absolute atomic E-state index is 13.9. The first kappa shape index (κ1) is 30.9. The number of urea groups is 1. The summed E-state index contributed by atoms with van der Waals surface area (Å²) in [6, 6.07) is 6.70. The van der Waals surface area contributed by atoms with Crippen molar-refractivity contribution in [3.05, 3.63) is 57.2 Å². The number of piperidine rings is 1. The van der Waals surface area contributed by atoms with Crippen molar-refractivity contribution in [1.29, 1.82) is 0 Å². The molecule has 0 bridgehead atoms. The van der Waals surface area contributed by atoms with E-state index in [1.54, 1.807) is 17.0 Å². The number of pyridine rings is 1. The van der Waals surface area contributed by atoms with Gasteiger partial charge in [-0.05, 0) is 93.3 Å². The molecule has 1 N–H and O–H groups in total. The van der Waals surface area contributed by atoms with Crippen LogP contribution in [0.3, 0.4) is 0 Å². The van der Waals surface area contributed by atoms with Gasteiger partial charge >= 0.3 is 6.03 Å². The Balaban J connectivity index is 1.26. The Bertz CT molecular complexity index is 1240. The third-order valence-electron chi connectivity index (χ3n) is 9.02. The van der Waals surface area contributed by atoms with Crippen molar-refractivity contribution in [2.24, 2.45) is 0 Å². The molecule has 2 aromatic rings. The van der Waals surface area contributed by atoms with Crippen LogP contribution in [0.2, 0.25) is 10.0 Å². The second-order valence-electron chi connectivity index (χ2n) is 12.1. The highest BCUT2D eigenvalue weighted by molar-refractivity contribution is 6.35. The van der Waals surface area contributed by atoms with Crippen LogP contribution < -0.4 is 10.2 Å². The number of hydrogen-bond donors (Lipinski definition) is 1. The summed E-state index contributed by atoms with van der Waals surface area (Å²) in [4.78, 5) is 40.4. The van der Waals surface area contributed by atoms with E-state index in [1.165, 1.54) is 31.5 Å². The first-order valence-corrected chi connectivity index (χ1v) is 16.2. The average Bonchev–Trinajstić information content (AvgIpc) is 3.72. The van der Waals surface area contributed by atoms with Crippen LogP contribution in [-0.2, 0) is 11.2 Å². The molecule has 3 amide bonds. The maximum atomic E-state index is 13.9. The third kappa shape index (κ3) is 7.69. The molecule has 1 atom stereocenters. The molecule has 1 aromatic carbocycles. The van der Waals surface area contributed by atoms with Crippen molar-refractivity contribution in [3.8, 4) is 0 Å². The first-order chi connectivity index (χ1) is 20.3. The molecule has 5 rings (SSSR count). The summed E-state index contributed by atoms with van der Waals surface area (Å²) in [6.45, 7) is 9.21. The van der Waals surface area contributed by atoms with Gasteiger partial charge in [-0.2, -0.15) is 0 Å². The van der Waals surface area contributed by atoms with Crippen molar-refractivity contribution in [2.75, 3.05) is 64.3 Å². The van der Waals surface area contributed by atoms with Gasteiger partial charge in [0.05, 0.1) is 0 Å². The number of likely N-dealkylation sites (tertiary alicyclic amines) is 3. The van der Waals surface area contributed by atoms with E-state index in [1.807, 2.05) is 17.2 Å². The second kappa shape index (κ2) is 14.3. The number of halogens is 2. The fourth-order valence-corrected chi connectivity index (χ4v) is 6.99. The molecule has 3 aliphatic rings. The fourth-order valence-electron chi connectivity index (χ4n) is 6.51. The normalized spacial score (nSPS) is 18.9. The molecule has 4 heterocycles. The van der Waals surface area contributed by atoms with Crippen LogP contribution in [0.5, 0.6) is 0 Å². The minimum atomic E-state index is -0.693. The quantitative estimate of drug-likeness (QED) is 0.412. The van der Waals surface area contributed by atoms with Crippen molar-refractivity contribution >= 4 is 41.0 Å². The van der Waals surface area contributed by atoms with Gasteiger partial charge < -0.3 is 24.9 Å². The Hall–Kier alpha value is -2.55. The van der Waals surface area contributed by atoms with E-state index in [2.05, 4.69) is 35.2 Å². The Morgan fingerprint density at radius 1 is 1.00 bits per heavy atom. The number of carbonyl (C=O) groups excluding carboxylic acids is 2. The number of carbonyl (C=O) groups is 2. The van der Waals surface area contributed by atoms with Gasteiger partial charge in [0.25, 0.3) is 0 Å². The average molecular weight is 616 g/mol. The molecule has 0 radical (unpaired) electrons. The molecule has 1 aromatic heterocycles. The van der Waals surface area contributed by atoms with E-state index < -0.39 is 6.04 Å². The van der Waals surface area contributed by atoms with Crippen LogP contribution >= 0.6 is 23.2 Å². The molecule has 3 fully saturated rings. The first-order valence-electron chi connectivity index (χ1n) is 15.5. The van der Waals surface area contributed by atoms with Crippen LogP contribution in [0.1, 0.15) is 61.1 Å². The van der Waals surface area contributed by atoms with Crippen molar-refractivity contribution < 1.29 is 9.59 Å². The standard InChI is InChI=1S/C32H44Cl2N6O2/c1-23-19-27(30(35-22-23)37(2)17-18-38-11-3-4-12-38)24-9-15-39(16-10-24)31(41)29(36-32(42)40-13-5-6-14-40)20-25-7-8-26(33)21-28(25)34/h7-8,19,21-22,24,29H,3-6,9-18,20H2,1-2H3,(H,36,42)/t29-/m1/s1. The highest BCUT2D eigenvalue weighted by Gasteiger charge is 2.33. The zero-order valence-electron chi connectivity index (χ0n) is 25.0. The Morgan fingerprint density at radius 2 is 1.69 bits per heavy atom. The van der Waals surface area contributed by atoms with Gasteiger partial charge in [0.2, 0.25) is 5.91 Å². The fraction of sp³-hybridized carbons (Fsp3) is 0.594. The molecule has 3 aliphatic heterocycles. The molecule has 10 heteroatoms. The molecular formula is C32H44Cl2N6O2. The lowest BCUT2D eigenvalue weighted by molar-refractivity contribution is -0.134. The van der Waals surface area contributed by atoms with Gasteiger partial charge in [0.1, 0.15) is 11.9 Å². The predicted molar refractivity (Wildman–Crippen MR) is 170 cm³/mol. The lowest BCUT2D eigenvalue weighted by Gasteiger charge is -2.36. The molecular weight excluding hydrogens is 571 g/mol. The highest BCUT2D eigenvalue weighted by Crippen LogP contribution is 2.34. The van der Waals surface area contributed by atoms with E-state index in [0.29, 0.717) is 35.5 Å². The number of rotatable bonds is 9. The molecule has 8 nitrogen and oxygen atoms in total. The number of nitrogens with one attached hydrogen (secondary N) is 1. The minimum Gasteiger partial charge on any atom is -0.358 e. The summed E-state index contributed by atoms with van der Waals surface area (Å²) in [5.41, 5.74) is 3.23. The minimum absolute atomic E-state index is 0.0580. The third-order valence-corrected chi connectivity index (χ3v) is 9.61. The van der Waals surface area contributed by atoms with Gasteiger partial charge in [-0.3, -0.25) is 4.79 Å². The van der Waals surface area contributed by atoms with Gasteiger partial charge in [0, 0.05) is 69.0 Å². The second-order valence-corrected chi connectivity index (χ2v) is 13.0. The number of aryl methyl sites for hydroxylation is 1. The zero-order chi connectivity index (χ0) is 29.6. The lowest BCUT2D eigenvalue weighted by atomic mass is 9.88. The van der Waals surface area contributed by atoms with Crippen molar-refractivity contribution in [1.82, 2.24) is 25.0 Å². The van der Waals surface area contributed by atoms with Crippen LogP contribution in [0.4, 0.5) is 10.6 Å². The van der Waals surface area contributed by atoms with Crippen LogP contribution in [0.25, 0.3) is 0 Å². The molecule has 0 saturated carbocycles. The topological polar surface area (TPSA) is 72.0 Å². The van der Waals surface area contributed by atoms with Gasteiger partial charge in [-0.1, -0.05) is 35.3 Å². The van der Waals surface area contributed by atoms with E-state index in [0.717, 1.165) is 68.8 Å². The lowest BCUT2D eigenvalue weighted by Crippen LogP contribution is -2.54. The molecule has 0 aliphatic carbocycles. The SMILES string of the molecule is Cc1cnc(N(C)CCN2CCCC2)c(C2CCN(C(=O)[C@@H](Cc3ccc(Cl)cc3Cl)NC(=O)N3CCCC3)CC2)c1. The summed E-state index contributed by atoms with van der Waals surface area (Å²) < 4.78 is 0. The van der Waals surface area contributed by atoms with Gasteiger partial charge in [-0.15, -0.1) is 0 Å². The van der Waals surface area contributed by atoms with E-state index in [-0.39, 0.29) is 11.9 Å².